The SMILES string of the molecule is COC(=O)c1ccccc1S(=O)(=O)N1CCN(CC(=O)Nc2cc(C)on2)CC1. The van der Waals surface area contributed by atoms with E-state index >= 15 is 0 Å². The van der Waals surface area contributed by atoms with E-state index in [0.29, 0.717) is 24.7 Å². The third kappa shape index (κ3) is 4.81. The van der Waals surface area contributed by atoms with Crippen molar-refractivity contribution in [1.82, 2.24) is 14.4 Å². The van der Waals surface area contributed by atoms with Crippen molar-refractivity contribution < 1.29 is 27.3 Å². The van der Waals surface area contributed by atoms with Crippen molar-refractivity contribution in [2.24, 2.45) is 0 Å². The number of esters is 1. The smallest absolute Gasteiger partial charge is 0.339 e. The summed E-state index contributed by atoms with van der Waals surface area (Å²) in [6, 6.07) is 7.57. The summed E-state index contributed by atoms with van der Waals surface area (Å²) in [4.78, 5) is 25.8. The van der Waals surface area contributed by atoms with Gasteiger partial charge < -0.3 is 14.6 Å². The number of sulfonamides is 1. The first kappa shape index (κ1) is 21.0. The van der Waals surface area contributed by atoms with Crippen LogP contribution in [0.3, 0.4) is 0 Å². The number of carbonyl (C=O) groups is 2. The van der Waals surface area contributed by atoms with Crippen LogP contribution in [0.4, 0.5) is 5.82 Å². The number of aryl methyl sites for hydroxylation is 1. The number of methoxy groups -OCH3 is 1. The highest BCUT2D eigenvalue weighted by Gasteiger charge is 2.32. The molecular formula is C18H22N4O6S. The lowest BCUT2D eigenvalue weighted by molar-refractivity contribution is -0.117. The maximum absolute atomic E-state index is 13.0. The van der Waals surface area contributed by atoms with Gasteiger partial charge in [0.2, 0.25) is 15.9 Å². The van der Waals surface area contributed by atoms with Crippen molar-refractivity contribution in [3.8, 4) is 0 Å². The van der Waals surface area contributed by atoms with Crippen LogP contribution in [0.15, 0.2) is 39.8 Å². The van der Waals surface area contributed by atoms with Crippen LogP contribution in [0.25, 0.3) is 0 Å². The molecule has 29 heavy (non-hydrogen) atoms. The molecule has 1 aliphatic heterocycles. The molecule has 156 valence electrons. The van der Waals surface area contributed by atoms with Crippen LogP contribution in [-0.2, 0) is 19.6 Å². The van der Waals surface area contributed by atoms with Crippen LogP contribution in [0.2, 0.25) is 0 Å². The van der Waals surface area contributed by atoms with E-state index in [1.165, 1.54) is 23.5 Å². The Morgan fingerprint density at radius 1 is 1.21 bits per heavy atom. The maximum atomic E-state index is 13.0. The summed E-state index contributed by atoms with van der Waals surface area (Å²) >= 11 is 0. The molecule has 1 aliphatic rings. The Bertz CT molecular complexity index is 995. The number of nitrogens with zero attached hydrogens (tertiary/aromatic N) is 3. The number of rotatable bonds is 6. The number of anilines is 1. The molecule has 0 bridgehead atoms. The molecule has 0 unspecified atom stereocenters. The number of piperazine rings is 1. The van der Waals surface area contributed by atoms with Crippen LogP contribution in [-0.4, -0.2) is 74.5 Å². The highest BCUT2D eigenvalue weighted by Crippen LogP contribution is 2.22. The van der Waals surface area contributed by atoms with Gasteiger partial charge in [0.25, 0.3) is 0 Å². The van der Waals surface area contributed by atoms with Gasteiger partial charge >= 0.3 is 5.97 Å². The Morgan fingerprint density at radius 2 is 1.90 bits per heavy atom. The molecule has 1 aromatic carbocycles. The fraction of sp³-hybridized carbons (Fsp3) is 0.389. The van der Waals surface area contributed by atoms with Crippen LogP contribution in [0, 0.1) is 6.92 Å². The lowest BCUT2D eigenvalue weighted by atomic mass is 10.2. The van der Waals surface area contributed by atoms with Crippen LogP contribution in [0.5, 0.6) is 0 Å². The topological polar surface area (TPSA) is 122 Å². The molecule has 2 heterocycles. The molecule has 1 aromatic heterocycles. The molecule has 0 saturated carbocycles. The van der Waals surface area contributed by atoms with Crippen molar-refractivity contribution in [2.45, 2.75) is 11.8 Å². The monoisotopic (exact) mass is 422 g/mol. The van der Waals surface area contributed by atoms with Crippen molar-refractivity contribution in [3.05, 3.63) is 41.7 Å². The number of ether oxygens (including phenoxy) is 1. The zero-order valence-corrected chi connectivity index (χ0v) is 16.9. The van der Waals surface area contributed by atoms with Crippen molar-refractivity contribution in [3.63, 3.8) is 0 Å². The van der Waals surface area contributed by atoms with Gasteiger partial charge in [0.1, 0.15) is 5.76 Å². The highest BCUT2D eigenvalue weighted by atomic mass is 32.2. The Labute approximate surface area is 168 Å². The van der Waals surface area contributed by atoms with Crippen molar-refractivity contribution in [2.75, 3.05) is 45.2 Å². The average molecular weight is 422 g/mol. The maximum Gasteiger partial charge on any atom is 0.339 e. The molecule has 0 aliphatic carbocycles. The minimum absolute atomic E-state index is 0.000266. The first-order valence-electron chi connectivity index (χ1n) is 8.94. The molecule has 3 rings (SSSR count). The number of aromatic nitrogens is 1. The number of benzene rings is 1. The molecule has 1 amide bonds. The van der Waals surface area contributed by atoms with Gasteiger partial charge in [0, 0.05) is 32.2 Å². The third-order valence-electron chi connectivity index (χ3n) is 4.50. The molecule has 11 heteroatoms. The van der Waals surface area contributed by atoms with E-state index in [-0.39, 0.29) is 36.0 Å². The van der Waals surface area contributed by atoms with E-state index in [1.54, 1.807) is 25.1 Å². The number of carbonyl (C=O) groups excluding carboxylic acids is 2. The van der Waals surface area contributed by atoms with E-state index in [1.807, 2.05) is 4.90 Å². The predicted octanol–water partition coefficient (Wildman–Crippen LogP) is 0.715. The summed E-state index contributed by atoms with van der Waals surface area (Å²) < 4.78 is 36.9. The second-order valence-corrected chi connectivity index (χ2v) is 8.45. The minimum Gasteiger partial charge on any atom is -0.465 e. The second-order valence-electron chi connectivity index (χ2n) is 6.54. The summed E-state index contributed by atoms with van der Waals surface area (Å²) in [5.41, 5.74) is -0.000266. The van der Waals surface area contributed by atoms with Crippen molar-refractivity contribution >= 4 is 27.7 Å². The number of hydrogen-bond donors (Lipinski definition) is 1. The molecule has 2 aromatic rings. The Hall–Kier alpha value is -2.76. The quantitative estimate of drug-likeness (QED) is 0.676. The number of amides is 1. The van der Waals surface area contributed by atoms with Crippen molar-refractivity contribution in [1.29, 1.82) is 0 Å². The van der Waals surface area contributed by atoms with Gasteiger partial charge in [-0.1, -0.05) is 17.3 Å². The summed E-state index contributed by atoms with van der Waals surface area (Å²) in [7, 11) is -2.66. The minimum atomic E-state index is -3.86. The van der Waals surface area contributed by atoms with E-state index in [0.717, 1.165) is 0 Å². The zero-order chi connectivity index (χ0) is 21.0. The van der Waals surface area contributed by atoms with Gasteiger partial charge in [0.05, 0.1) is 24.1 Å². The lowest BCUT2D eigenvalue weighted by Crippen LogP contribution is -2.50. The fourth-order valence-electron chi connectivity index (χ4n) is 3.05. The normalized spacial score (nSPS) is 15.8. The standard InChI is InChI=1S/C18H22N4O6S/c1-13-11-16(20-28-13)19-17(23)12-21-7-9-22(10-8-21)29(25,26)15-6-4-3-5-14(15)18(24)27-2/h3-6,11H,7-10,12H2,1-2H3,(H,19,20,23). The molecule has 1 saturated heterocycles. The van der Waals surface area contributed by atoms with Gasteiger partial charge in [-0.25, -0.2) is 13.2 Å². The average Bonchev–Trinajstić information content (AvgIpc) is 3.12. The Morgan fingerprint density at radius 3 is 2.52 bits per heavy atom. The van der Waals surface area contributed by atoms with Crippen LogP contribution >= 0.6 is 0 Å². The first-order valence-corrected chi connectivity index (χ1v) is 10.4. The Balaban J connectivity index is 1.61. The van der Waals surface area contributed by atoms with Crippen LogP contribution < -0.4 is 5.32 Å². The molecule has 0 spiro atoms. The lowest BCUT2D eigenvalue weighted by Gasteiger charge is -2.33. The van der Waals surface area contributed by atoms with Gasteiger partial charge in [-0.15, -0.1) is 0 Å². The van der Waals surface area contributed by atoms with E-state index in [9.17, 15) is 18.0 Å². The molecule has 0 atom stereocenters. The van der Waals surface area contributed by atoms with Gasteiger partial charge in [0.15, 0.2) is 5.82 Å². The van der Waals surface area contributed by atoms with E-state index in [2.05, 4.69) is 15.2 Å². The third-order valence-corrected chi connectivity index (χ3v) is 6.46. The molecular weight excluding hydrogens is 400 g/mol. The first-order chi connectivity index (χ1) is 13.8. The number of nitrogens with one attached hydrogen (secondary N) is 1. The fourth-order valence-corrected chi connectivity index (χ4v) is 4.65. The predicted molar refractivity (Wildman–Crippen MR) is 103 cm³/mol. The van der Waals surface area contributed by atoms with Crippen LogP contribution in [0.1, 0.15) is 16.1 Å². The molecule has 1 N–H and O–H groups in total. The van der Waals surface area contributed by atoms with E-state index in [4.69, 9.17) is 4.52 Å². The second kappa shape index (κ2) is 8.72. The summed E-state index contributed by atoms with van der Waals surface area (Å²) in [5.74, 6) is -0.0345. The Kier molecular flexibility index (Phi) is 6.30. The van der Waals surface area contributed by atoms with Gasteiger partial charge in [-0.05, 0) is 19.1 Å². The molecule has 1 fully saturated rings. The largest absolute Gasteiger partial charge is 0.465 e. The summed E-state index contributed by atoms with van der Waals surface area (Å²) in [5, 5.41) is 6.34. The summed E-state index contributed by atoms with van der Waals surface area (Å²) in [6.45, 7) is 3.00. The molecule has 0 radical (unpaired) electrons. The van der Waals surface area contributed by atoms with Gasteiger partial charge in [-0.3, -0.25) is 9.69 Å². The van der Waals surface area contributed by atoms with Gasteiger partial charge in [-0.2, -0.15) is 4.31 Å². The highest BCUT2D eigenvalue weighted by molar-refractivity contribution is 7.89. The zero-order valence-electron chi connectivity index (χ0n) is 16.1. The summed E-state index contributed by atoms with van der Waals surface area (Å²) in [6.07, 6.45) is 0. The molecule has 10 nitrogen and oxygen atoms in total. The van der Waals surface area contributed by atoms with E-state index < -0.39 is 16.0 Å². The number of hydrogen-bond acceptors (Lipinski definition) is 8.